The lowest BCUT2D eigenvalue weighted by molar-refractivity contribution is 0.669. The molecule has 0 bridgehead atoms. The van der Waals surface area contributed by atoms with Gasteiger partial charge in [0.05, 0.1) is 11.4 Å². The van der Waals surface area contributed by atoms with E-state index in [1.165, 1.54) is 20.2 Å². The van der Waals surface area contributed by atoms with Crippen LogP contribution in [0.3, 0.4) is 0 Å². The number of thiophene rings is 1. The molecule has 0 amide bonds. The van der Waals surface area contributed by atoms with Crippen molar-refractivity contribution in [1.29, 1.82) is 0 Å². The van der Waals surface area contributed by atoms with Crippen LogP contribution < -0.4 is 0 Å². The van der Waals surface area contributed by atoms with Gasteiger partial charge in [-0.3, -0.25) is 0 Å². The molecular weight excluding hydrogens is 629 g/mol. The van der Waals surface area contributed by atoms with Crippen LogP contribution in [-0.2, 0) is 0 Å². The lowest BCUT2D eigenvalue weighted by Gasteiger charge is -2.13. The van der Waals surface area contributed by atoms with Gasteiger partial charge >= 0.3 is 0 Å². The fraction of sp³-hybridized carbons (Fsp3) is 0. The number of nitrogens with zero attached hydrogens (tertiary/aromatic N) is 2. The van der Waals surface area contributed by atoms with Crippen LogP contribution in [0.4, 0.5) is 0 Å². The number of hydrogen-bond acceptors (Lipinski definition) is 4. The summed E-state index contributed by atoms with van der Waals surface area (Å²) in [6, 6.07) is 59.8. The molecular formula is C46H28N2OS. The molecule has 3 heterocycles. The first-order valence-corrected chi connectivity index (χ1v) is 17.5. The third kappa shape index (κ3) is 4.97. The van der Waals surface area contributed by atoms with E-state index in [0.29, 0.717) is 5.82 Å². The predicted octanol–water partition coefficient (Wildman–Crippen LogP) is 13.1. The van der Waals surface area contributed by atoms with Gasteiger partial charge in [-0.15, -0.1) is 11.3 Å². The third-order valence-electron chi connectivity index (χ3n) is 9.48. The SMILES string of the molecule is c1ccc(-c2cc(-c3ccc4oc5ccccc5c4c3)cc(-c3cc(-c4ccc5sc6ccccc6c5c4)nc(-c4ccccc4)n3)c2)cc1. The first kappa shape index (κ1) is 28.6. The number of hydrogen-bond donors (Lipinski definition) is 0. The molecule has 0 aliphatic heterocycles. The molecule has 10 rings (SSSR count). The molecule has 234 valence electrons. The van der Waals surface area contributed by atoms with Crippen molar-refractivity contribution in [1.82, 2.24) is 9.97 Å². The third-order valence-corrected chi connectivity index (χ3v) is 10.6. The molecule has 4 heteroatoms. The van der Waals surface area contributed by atoms with Gasteiger partial charge in [0.1, 0.15) is 11.2 Å². The van der Waals surface area contributed by atoms with Crippen LogP contribution >= 0.6 is 11.3 Å². The quantitative estimate of drug-likeness (QED) is 0.185. The van der Waals surface area contributed by atoms with Gasteiger partial charge in [-0.25, -0.2) is 9.97 Å². The standard InChI is InChI=1S/C46H28N2OS/c1-3-11-29(12-4-1)33-23-34(31-19-21-43-38(26-31)36-15-7-9-17-42(36)49-43)25-35(24-33)41-28-40(47-46(48-41)30-13-5-2-6-14-30)32-20-22-45-39(27-32)37-16-8-10-18-44(37)50-45/h1-28H. The zero-order valence-corrected chi connectivity index (χ0v) is 27.7. The number of fused-ring (bicyclic) bond motifs is 6. The summed E-state index contributed by atoms with van der Waals surface area (Å²) >= 11 is 1.83. The van der Waals surface area contributed by atoms with E-state index < -0.39 is 0 Å². The van der Waals surface area contributed by atoms with Gasteiger partial charge in [-0.05, 0) is 82.9 Å². The number of benzene rings is 7. The lowest BCUT2D eigenvalue weighted by Crippen LogP contribution is -1.96. The summed E-state index contributed by atoms with van der Waals surface area (Å²) in [6.07, 6.45) is 0. The molecule has 0 saturated heterocycles. The molecule has 0 aliphatic rings. The van der Waals surface area contributed by atoms with E-state index in [1.807, 2.05) is 41.7 Å². The van der Waals surface area contributed by atoms with Crippen molar-refractivity contribution < 1.29 is 4.42 Å². The number of rotatable bonds is 5. The molecule has 0 aliphatic carbocycles. The topological polar surface area (TPSA) is 38.9 Å². The van der Waals surface area contributed by atoms with E-state index in [4.69, 9.17) is 14.4 Å². The second kappa shape index (κ2) is 11.7. The van der Waals surface area contributed by atoms with Gasteiger partial charge in [-0.1, -0.05) is 109 Å². The first-order chi connectivity index (χ1) is 24.7. The second-order valence-corrected chi connectivity index (χ2v) is 13.7. The predicted molar refractivity (Wildman–Crippen MR) is 209 cm³/mol. The van der Waals surface area contributed by atoms with Gasteiger partial charge in [0, 0.05) is 47.6 Å². The monoisotopic (exact) mass is 656 g/mol. The normalized spacial score (nSPS) is 11.6. The highest BCUT2D eigenvalue weighted by molar-refractivity contribution is 7.25. The number of furan rings is 1. The number of para-hydroxylation sites is 1. The van der Waals surface area contributed by atoms with Crippen LogP contribution in [-0.4, -0.2) is 9.97 Å². The van der Waals surface area contributed by atoms with Crippen molar-refractivity contribution in [2.45, 2.75) is 0 Å². The molecule has 0 atom stereocenters. The first-order valence-electron chi connectivity index (χ1n) is 16.7. The van der Waals surface area contributed by atoms with Crippen molar-refractivity contribution in [3.8, 4) is 56.2 Å². The second-order valence-electron chi connectivity index (χ2n) is 12.6. The van der Waals surface area contributed by atoms with Gasteiger partial charge in [0.25, 0.3) is 0 Å². The van der Waals surface area contributed by atoms with E-state index >= 15 is 0 Å². The van der Waals surface area contributed by atoms with E-state index in [-0.39, 0.29) is 0 Å². The fourth-order valence-corrected chi connectivity index (χ4v) is 8.08. The van der Waals surface area contributed by atoms with Gasteiger partial charge in [0.2, 0.25) is 0 Å². The maximum atomic E-state index is 6.17. The van der Waals surface area contributed by atoms with Crippen molar-refractivity contribution in [3.63, 3.8) is 0 Å². The smallest absolute Gasteiger partial charge is 0.160 e. The Balaban J connectivity index is 1.19. The summed E-state index contributed by atoms with van der Waals surface area (Å²) < 4.78 is 8.73. The Morgan fingerprint density at radius 2 is 0.920 bits per heavy atom. The van der Waals surface area contributed by atoms with Crippen LogP contribution in [0.15, 0.2) is 174 Å². The minimum absolute atomic E-state index is 0.700. The van der Waals surface area contributed by atoms with Crippen LogP contribution in [0, 0.1) is 0 Å². The van der Waals surface area contributed by atoms with E-state index in [9.17, 15) is 0 Å². The summed E-state index contributed by atoms with van der Waals surface area (Å²) in [7, 11) is 0. The van der Waals surface area contributed by atoms with Crippen LogP contribution in [0.1, 0.15) is 0 Å². The molecule has 50 heavy (non-hydrogen) atoms. The van der Waals surface area contributed by atoms with Crippen LogP contribution in [0.5, 0.6) is 0 Å². The van der Waals surface area contributed by atoms with Crippen molar-refractivity contribution in [3.05, 3.63) is 170 Å². The average molecular weight is 657 g/mol. The molecule has 7 aromatic carbocycles. The van der Waals surface area contributed by atoms with Gasteiger partial charge < -0.3 is 4.42 Å². The Morgan fingerprint density at radius 1 is 0.340 bits per heavy atom. The summed E-state index contributed by atoms with van der Waals surface area (Å²) in [6.45, 7) is 0. The Kier molecular flexibility index (Phi) is 6.68. The van der Waals surface area contributed by atoms with Crippen molar-refractivity contribution in [2.75, 3.05) is 0 Å². The zero-order chi connectivity index (χ0) is 33.0. The summed E-state index contributed by atoms with van der Waals surface area (Å²) in [5.41, 5.74) is 11.1. The molecule has 0 N–H and O–H groups in total. The molecule has 3 aromatic heterocycles. The number of aromatic nitrogens is 2. The summed E-state index contributed by atoms with van der Waals surface area (Å²) in [5.74, 6) is 0.700. The minimum Gasteiger partial charge on any atom is -0.456 e. The van der Waals surface area contributed by atoms with E-state index in [1.54, 1.807) is 0 Å². The highest BCUT2D eigenvalue weighted by Gasteiger charge is 2.16. The van der Waals surface area contributed by atoms with Crippen molar-refractivity contribution >= 4 is 53.4 Å². The largest absolute Gasteiger partial charge is 0.456 e. The molecule has 0 saturated carbocycles. The zero-order valence-electron chi connectivity index (χ0n) is 26.9. The Hall–Kier alpha value is -6.36. The van der Waals surface area contributed by atoms with Gasteiger partial charge in [-0.2, -0.15) is 0 Å². The summed E-state index contributed by atoms with van der Waals surface area (Å²) in [5, 5.41) is 4.75. The van der Waals surface area contributed by atoms with Crippen molar-refractivity contribution in [2.24, 2.45) is 0 Å². The molecule has 0 radical (unpaired) electrons. The van der Waals surface area contributed by atoms with E-state index in [0.717, 1.165) is 72.3 Å². The lowest BCUT2D eigenvalue weighted by atomic mass is 9.94. The van der Waals surface area contributed by atoms with Crippen LogP contribution in [0.2, 0.25) is 0 Å². The van der Waals surface area contributed by atoms with E-state index in [2.05, 4.69) is 140 Å². The fourth-order valence-electron chi connectivity index (χ4n) is 6.99. The maximum absolute atomic E-state index is 6.17. The molecule has 10 aromatic rings. The maximum Gasteiger partial charge on any atom is 0.160 e. The van der Waals surface area contributed by atoms with Crippen LogP contribution in [0.25, 0.3) is 98.3 Å². The highest BCUT2D eigenvalue weighted by Crippen LogP contribution is 2.39. The minimum atomic E-state index is 0.700. The van der Waals surface area contributed by atoms with Gasteiger partial charge in [0.15, 0.2) is 5.82 Å². The molecule has 0 fully saturated rings. The molecule has 3 nitrogen and oxygen atoms in total. The Morgan fingerprint density at radius 3 is 1.74 bits per heavy atom. The highest BCUT2D eigenvalue weighted by atomic mass is 32.1. The Labute approximate surface area is 292 Å². The molecule has 0 unspecified atom stereocenters. The Bertz CT molecular complexity index is 2670. The molecule has 0 spiro atoms. The summed E-state index contributed by atoms with van der Waals surface area (Å²) in [4.78, 5) is 10.4. The average Bonchev–Trinajstić information content (AvgIpc) is 3.76.